The Balaban J connectivity index is -0.0000000376. The smallest absolute Gasteiger partial charge is 0.222 e. The predicted molar refractivity (Wildman–Crippen MR) is 0 cm³/mol. The second-order valence-corrected chi connectivity index (χ2v) is 4.54. The first kappa shape index (κ1) is 39.0. The Hall–Kier alpha value is 1.77. The largest absolute Gasteiger partial charge is 2.00 e. The van der Waals surface area contributed by atoms with Gasteiger partial charge in [-0.25, -0.2) is 74.5 Å². The Morgan fingerprint density at radius 3 is 0.227 bits per heavy atom. The van der Waals surface area contributed by atoms with Gasteiger partial charge in [0.25, 0.3) is 0 Å². The Morgan fingerprint density at radius 1 is 0.227 bits per heavy atom. The molecule has 0 fully saturated rings. The zero-order valence-electron chi connectivity index (χ0n) is 9.46. The van der Waals surface area contributed by atoms with Crippen molar-refractivity contribution in [2.24, 2.45) is 0 Å². The zero-order chi connectivity index (χ0) is 18.0. The van der Waals surface area contributed by atoms with Gasteiger partial charge >= 0.3 is 39.0 Å². The molecule has 0 saturated carbocycles. The molecule has 0 atom stereocenters. The maximum Gasteiger partial charge on any atom is 2.00 e. The maximum atomic E-state index is 8.49. The molecule has 0 aliphatic rings. The van der Waals surface area contributed by atoms with E-state index < -0.39 is 41.0 Å². The topological polar surface area (TPSA) is 369 Å². The molecule has 0 aliphatic carbocycles. The fourth-order valence-corrected chi connectivity index (χ4v) is 0. The summed E-state index contributed by atoms with van der Waals surface area (Å²) in [5.74, 6) is 0. The van der Waals surface area contributed by atoms with Crippen molar-refractivity contribution in [2.45, 2.75) is 0 Å². The van der Waals surface area contributed by atoms with E-state index in [2.05, 4.69) is 0 Å². The van der Waals surface area contributed by atoms with Crippen LogP contribution in [0.4, 0.5) is 0 Å². The van der Waals surface area contributed by atoms with Gasteiger partial charge < -0.3 is 0 Å². The Bertz CT molecular complexity index is 134. The van der Waals surface area contributed by atoms with Gasteiger partial charge in [0.05, 0.1) is 0 Å². The Kier molecular flexibility index (Phi) is 28.8. The summed E-state index contributed by atoms with van der Waals surface area (Å²) in [4.78, 5) is 0. The number of rotatable bonds is 0. The van der Waals surface area contributed by atoms with Crippen LogP contribution < -0.4 is 74.5 Å². The molecule has 0 aromatic heterocycles. The molecule has 0 amide bonds. The third-order valence-electron chi connectivity index (χ3n) is 0. The molecule has 0 spiro atoms. The van der Waals surface area contributed by atoms with Gasteiger partial charge in [-0.15, -0.1) is 41.0 Å². The first-order chi connectivity index (χ1) is 8.00. The molecule has 0 aromatic rings. The molecular formula is Cl4O16Zn2. The average Bonchev–Trinajstić information content (AvgIpc) is 1.62. The van der Waals surface area contributed by atoms with E-state index >= 15 is 0 Å². The van der Waals surface area contributed by atoms with Crippen molar-refractivity contribution in [1.29, 1.82) is 0 Å². The maximum absolute atomic E-state index is 8.49. The monoisotopic (exact) mass is 524 g/mol. The fraction of sp³-hybridized carbons (Fsp3) is 0. The van der Waals surface area contributed by atoms with Gasteiger partial charge in [-0.1, -0.05) is 0 Å². The van der Waals surface area contributed by atoms with Gasteiger partial charge in [0.15, 0.2) is 0 Å². The van der Waals surface area contributed by atoms with Gasteiger partial charge in [0.1, 0.15) is 0 Å². The van der Waals surface area contributed by atoms with E-state index in [0.717, 1.165) is 0 Å². The second kappa shape index (κ2) is 16.2. The van der Waals surface area contributed by atoms with E-state index in [0.29, 0.717) is 0 Å². The van der Waals surface area contributed by atoms with Crippen LogP contribution in [0, 0.1) is 41.0 Å². The molecule has 22 heavy (non-hydrogen) atoms. The minimum absolute atomic E-state index is 0. The quantitative estimate of drug-likeness (QED) is 0.263. The first-order valence-electron chi connectivity index (χ1n) is 2.47. The minimum Gasteiger partial charge on any atom is -0.222 e. The second-order valence-electron chi connectivity index (χ2n) is 1.51. The Labute approximate surface area is 154 Å². The summed E-state index contributed by atoms with van der Waals surface area (Å²) in [5.41, 5.74) is 0. The molecule has 128 valence electrons. The minimum atomic E-state index is -4.94. The average molecular weight is 529 g/mol. The third-order valence-corrected chi connectivity index (χ3v) is 0. The van der Waals surface area contributed by atoms with Crippen molar-refractivity contribution in [1.82, 2.24) is 0 Å². The van der Waals surface area contributed by atoms with Crippen LogP contribution in [0.3, 0.4) is 0 Å². The van der Waals surface area contributed by atoms with E-state index in [1.165, 1.54) is 0 Å². The number of halogens is 4. The molecule has 0 saturated heterocycles. The summed E-state index contributed by atoms with van der Waals surface area (Å²) in [7, 11) is -19.8. The summed E-state index contributed by atoms with van der Waals surface area (Å²) in [6, 6.07) is 0. The van der Waals surface area contributed by atoms with Gasteiger partial charge in [-0.2, -0.15) is 0 Å². The Morgan fingerprint density at radius 2 is 0.227 bits per heavy atom. The summed E-state index contributed by atoms with van der Waals surface area (Å²) in [6.07, 6.45) is 0. The molecule has 0 bridgehead atoms. The van der Waals surface area contributed by atoms with Gasteiger partial charge in [-0.3, -0.25) is 0 Å². The molecule has 0 unspecified atom stereocenters. The molecular weight excluding hydrogens is 529 g/mol. The van der Waals surface area contributed by atoms with Crippen molar-refractivity contribution in [3.63, 3.8) is 0 Å². The van der Waals surface area contributed by atoms with Crippen LogP contribution in [0.15, 0.2) is 0 Å². The zero-order valence-corrected chi connectivity index (χ0v) is 18.4. The normalized spacial score (nSPS) is 10.9. The molecule has 16 nitrogen and oxygen atoms in total. The van der Waals surface area contributed by atoms with Gasteiger partial charge in [0.2, 0.25) is 0 Å². The molecule has 0 aliphatic heterocycles. The molecule has 0 aromatic carbocycles. The third kappa shape index (κ3) is 3010. The molecule has 22 heteroatoms. The SMILES string of the molecule is [O-][Cl+3]([O-])([O-])[O-].[O-][Cl+3]([O-])([O-])[O-].[O-][Cl+3]([O-])([O-])[O-].[O-][Cl+3]([O-])([O-])[O-].[Zn+2].[Zn+2]. The van der Waals surface area contributed by atoms with Crippen molar-refractivity contribution >= 4 is 0 Å². The van der Waals surface area contributed by atoms with Crippen LogP contribution in [0.25, 0.3) is 0 Å². The van der Waals surface area contributed by atoms with Crippen molar-refractivity contribution in [2.75, 3.05) is 0 Å². The molecule has 0 radical (unpaired) electrons. The van der Waals surface area contributed by atoms with Crippen molar-refractivity contribution in [3.8, 4) is 0 Å². The van der Waals surface area contributed by atoms with Crippen LogP contribution in [-0.2, 0) is 39.0 Å². The summed E-state index contributed by atoms with van der Waals surface area (Å²) in [5, 5.41) is 0. The van der Waals surface area contributed by atoms with Crippen molar-refractivity contribution < 1.29 is 154 Å². The predicted octanol–water partition coefficient (Wildman–Crippen LogP) is -19.0. The van der Waals surface area contributed by atoms with Gasteiger partial charge in [-0.05, 0) is 0 Å². The van der Waals surface area contributed by atoms with Crippen LogP contribution in [0.2, 0.25) is 0 Å². The molecule has 0 rings (SSSR count). The van der Waals surface area contributed by atoms with Crippen LogP contribution in [0.5, 0.6) is 0 Å². The summed E-state index contributed by atoms with van der Waals surface area (Å²) >= 11 is 0. The summed E-state index contributed by atoms with van der Waals surface area (Å²) < 4.78 is 136. The molecule has 0 N–H and O–H groups in total. The van der Waals surface area contributed by atoms with Gasteiger partial charge in [0, 0.05) is 0 Å². The van der Waals surface area contributed by atoms with E-state index in [1.54, 1.807) is 0 Å². The molecule has 0 heterocycles. The number of hydrogen-bond donors (Lipinski definition) is 0. The fourth-order valence-electron chi connectivity index (χ4n) is 0. The van der Waals surface area contributed by atoms with Crippen LogP contribution in [0.1, 0.15) is 0 Å². The van der Waals surface area contributed by atoms with Crippen molar-refractivity contribution in [3.05, 3.63) is 0 Å². The van der Waals surface area contributed by atoms with Crippen LogP contribution in [-0.4, -0.2) is 0 Å². The summed E-state index contributed by atoms with van der Waals surface area (Å²) in [6.45, 7) is 0. The van der Waals surface area contributed by atoms with Crippen LogP contribution >= 0.6 is 0 Å². The first-order valence-corrected chi connectivity index (χ1v) is 7.41. The van der Waals surface area contributed by atoms with E-state index in [4.69, 9.17) is 74.5 Å². The van der Waals surface area contributed by atoms with E-state index in [-0.39, 0.29) is 39.0 Å². The van der Waals surface area contributed by atoms with E-state index in [1.807, 2.05) is 0 Å². The number of hydrogen-bond acceptors (Lipinski definition) is 16. The standard InChI is InChI=1S/4ClHO4.2Zn/c4*2-1(3,4)5;;/h4*(H,2,3,4,5);;/q;;;;2*+2/p-4. The van der Waals surface area contributed by atoms with E-state index in [9.17, 15) is 0 Å².